The highest BCUT2D eigenvalue weighted by Gasteiger charge is 2.11. The lowest BCUT2D eigenvalue weighted by Crippen LogP contribution is -2.15. The van der Waals surface area contributed by atoms with Crippen LogP contribution in [0.25, 0.3) is 0 Å². The van der Waals surface area contributed by atoms with Gasteiger partial charge in [0.2, 0.25) is 0 Å². The molecule has 0 saturated carbocycles. The maximum Gasteiger partial charge on any atom is 0.0685 e. The van der Waals surface area contributed by atoms with Crippen molar-refractivity contribution >= 4 is 0 Å². The fraction of sp³-hybridized carbons (Fsp3) is 0.520. The summed E-state index contributed by atoms with van der Waals surface area (Å²) >= 11 is 0. The summed E-state index contributed by atoms with van der Waals surface area (Å²) in [5.74, 6) is 0.308. The second-order valence-electron chi connectivity index (χ2n) is 8.08. The molecule has 1 atom stereocenters. The summed E-state index contributed by atoms with van der Waals surface area (Å²) in [4.78, 5) is 0. The second-order valence-corrected chi connectivity index (χ2v) is 8.08. The lowest BCUT2D eigenvalue weighted by molar-refractivity contribution is 0.116. The fourth-order valence-electron chi connectivity index (χ4n) is 3.68. The molecule has 0 aliphatic carbocycles. The van der Waals surface area contributed by atoms with E-state index in [9.17, 15) is 15.3 Å². The normalized spacial score (nSPS) is 12.5. The summed E-state index contributed by atoms with van der Waals surface area (Å²) in [5.41, 5.74) is 6.94. The minimum absolute atomic E-state index is 0.0312. The molecule has 0 heterocycles. The number of aliphatic hydroxyl groups excluding tert-OH is 3. The zero-order valence-corrected chi connectivity index (χ0v) is 17.6. The number of aryl methyl sites for hydroxylation is 4. The highest BCUT2D eigenvalue weighted by atomic mass is 16.3. The van der Waals surface area contributed by atoms with Gasteiger partial charge in [0.15, 0.2) is 0 Å². The second kappa shape index (κ2) is 11.4. The molecule has 3 heteroatoms. The van der Waals surface area contributed by atoms with Gasteiger partial charge in [-0.25, -0.2) is 0 Å². The molecule has 154 valence electrons. The van der Waals surface area contributed by atoms with Crippen LogP contribution < -0.4 is 0 Å². The van der Waals surface area contributed by atoms with E-state index in [0.717, 1.165) is 49.7 Å². The average molecular weight is 385 g/mol. The molecule has 2 rings (SSSR count). The van der Waals surface area contributed by atoms with Crippen LogP contribution in [-0.4, -0.2) is 21.4 Å². The van der Waals surface area contributed by atoms with E-state index in [2.05, 4.69) is 39.0 Å². The van der Waals surface area contributed by atoms with Crippen LogP contribution in [0.5, 0.6) is 0 Å². The average Bonchev–Trinajstić information content (AvgIpc) is 2.71. The first kappa shape index (κ1) is 22.6. The molecule has 0 amide bonds. The highest BCUT2D eigenvalue weighted by Crippen LogP contribution is 2.20. The minimum atomic E-state index is -0.231. The number of benzene rings is 2. The molecular weight excluding hydrogens is 348 g/mol. The van der Waals surface area contributed by atoms with Crippen LogP contribution in [-0.2, 0) is 38.9 Å². The van der Waals surface area contributed by atoms with Crippen molar-refractivity contribution in [1.29, 1.82) is 0 Å². The highest BCUT2D eigenvalue weighted by molar-refractivity contribution is 5.33. The van der Waals surface area contributed by atoms with Crippen molar-refractivity contribution < 1.29 is 15.3 Å². The van der Waals surface area contributed by atoms with Crippen LogP contribution >= 0.6 is 0 Å². The van der Waals surface area contributed by atoms with Gasteiger partial charge in [-0.2, -0.15) is 0 Å². The molecule has 0 fully saturated rings. The Morgan fingerprint density at radius 2 is 1.32 bits per heavy atom. The van der Waals surface area contributed by atoms with Crippen LogP contribution in [0.15, 0.2) is 36.4 Å². The van der Waals surface area contributed by atoms with Crippen LogP contribution in [0, 0.1) is 5.92 Å². The molecule has 0 aliphatic heterocycles. The summed E-state index contributed by atoms with van der Waals surface area (Å²) < 4.78 is 0. The number of rotatable bonds is 11. The van der Waals surface area contributed by atoms with Crippen LogP contribution in [0.3, 0.4) is 0 Å². The Balaban J connectivity index is 1.94. The first-order valence-electron chi connectivity index (χ1n) is 10.6. The predicted octanol–water partition coefficient (Wildman–Crippen LogP) is 4.36. The Morgan fingerprint density at radius 3 is 1.86 bits per heavy atom. The van der Waals surface area contributed by atoms with Gasteiger partial charge in [0.05, 0.1) is 19.3 Å². The summed E-state index contributed by atoms with van der Waals surface area (Å²) in [6, 6.07) is 12.8. The van der Waals surface area contributed by atoms with Crippen molar-refractivity contribution in [3.8, 4) is 0 Å². The molecule has 3 nitrogen and oxygen atoms in total. The Labute approximate surface area is 170 Å². The molecule has 1 unspecified atom stereocenters. The van der Waals surface area contributed by atoms with Crippen molar-refractivity contribution in [3.63, 3.8) is 0 Å². The van der Waals surface area contributed by atoms with Crippen molar-refractivity contribution in [2.45, 2.75) is 78.6 Å². The van der Waals surface area contributed by atoms with Crippen LogP contribution in [0.1, 0.15) is 67.0 Å². The molecular formula is C25H36O3. The van der Waals surface area contributed by atoms with Gasteiger partial charge in [-0.3, -0.25) is 0 Å². The van der Waals surface area contributed by atoms with Gasteiger partial charge in [0.25, 0.3) is 0 Å². The van der Waals surface area contributed by atoms with Gasteiger partial charge in [-0.1, -0.05) is 57.2 Å². The van der Waals surface area contributed by atoms with Gasteiger partial charge in [0, 0.05) is 0 Å². The predicted molar refractivity (Wildman–Crippen MR) is 115 cm³/mol. The third kappa shape index (κ3) is 6.44. The minimum Gasteiger partial charge on any atom is -0.393 e. The maximum atomic E-state index is 10.1. The monoisotopic (exact) mass is 384 g/mol. The smallest absolute Gasteiger partial charge is 0.0685 e. The molecule has 2 aromatic rings. The van der Waals surface area contributed by atoms with E-state index in [1.807, 2.05) is 18.2 Å². The lowest BCUT2D eigenvalue weighted by atomic mass is 9.93. The molecule has 0 aromatic heterocycles. The van der Waals surface area contributed by atoms with Gasteiger partial charge < -0.3 is 15.3 Å². The third-order valence-corrected chi connectivity index (χ3v) is 5.67. The first-order valence-corrected chi connectivity index (χ1v) is 10.6. The molecule has 28 heavy (non-hydrogen) atoms. The number of hydrogen-bond acceptors (Lipinski definition) is 3. The number of hydrogen-bond donors (Lipinski definition) is 3. The molecule has 3 N–H and O–H groups in total. The fourth-order valence-corrected chi connectivity index (χ4v) is 3.68. The maximum absolute atomic E-state index is 10.1. The van der Waals surface area contributed by atoms with E-state index in [-0.39, 0.29) is 19.3 Å². The largest absolute Gasteiger partial charge is 0.393 e. The summed E-state index contributed by atoms with van der Waals surface area (Å²) in [7, 11) is 0. The van der Waals surface area contributed by atoms with Crippen molar-refractivity contribution in [2.75, 3.05) is 0 Å². The molecule has 0 aliphatic rings. The zero-order valence-electron chi connectivity index (χ0n) is 17.6. The Hall–Kier alpha value is -1.68. The van der Waals surface area contributed by atoms with E-state index >= 15 is 0 Å². The van der Waals surface area contributed by atoms with Gasteiger partial charge in [-0.15, -0.1) is 0 Å². The SMILES string of the molecule is CCc1cc(CCCc2ccc(CO)c(CO)c2)ccc1CCC(O)C(C)C. The Kier molecular flexibility index (Phi) is 9.17. The Bertz CT molecular complexity index is 737. The van der Waals surface area contributed by atoms with E-state index in [4.69, 9.17) is 0 Å². The van der Waals surface area contributed by atoms with Gasteiger partial charge >= 0.3 is 0 Å². The van der Waals surface area contributed by atoms with E-state index in [0.29, 0.717) is 5.92 Å². The van der Waals surface area contributed by atoms with Crippen molar-refractivity contribution in [1.82, 2.24) is 0 Å². The van der Waals surface area contributed by atoms with E-state index in [1.54, 1.807) is 0 Å². The van der Waals surface area contributed by atoms with Gasteiger partial charge in [-0.05, 0) is 77.8 Å². The summed E-state index contributed by atoms with van der Waals surface area (Å²) in [5, 5.41) is 28.8. The van der Waals surface area contributed by atoms with Crippen LogP contribution in [0.4, 0.5) is 0 Å². The quantitative estimate of drug-likeness (QED) is 0.539. The van der Waals surface area contributed by atoms with Crippen molar-refractivity contribution in [2.24, 2.45) is 5.92 Å². The molecule has 0 spiro atoms. The molecule has 0 radical (unpaired) electrons. The van der Waals surface area contributed by atoms with Crippen LogP contribution in [0.2, 0.25) is 0 Å². The Morgan fingerprint density at radius 1 is 0.750 bits per heavy atom. The van der Waals surface area contributed by atoms with E-state index in [1.165, 1.54) is 22.3 Å². The topological polar surface area (TPSA) is 60.7 Å². The zero-order chi connectivity index (χ0) is 20.5. The first-order chi connectivity index (χ1) is 13.5. The summed E-state index contributed by atoms with van der Waals surface area (Å²) in [6.07, 6.45) is 5.58. The molecule has 0 bridgehead atoms. The summed E-state index contributed by atoms with van der Waals surface area (Å²) in [6.45, 7) is 6.26. The van der Waals surface area contributed by atoms with Crippen molar-refractivity contribution in [3.05, 3.63) is 69.8 Å². The van der Waals surface area contributed by atoms with Gasteiger partial charge in [0.1, 0.15) is 0 Å². The third-order valence-electron chi connectivity index (χ3n) is 5.67. The van der Waals surface area contributed by atoms with E-state index < -0.39 is 0 Å². The number of aliphatic hydroxyl groups is 3. The standard InChI is InChI=1S/C25H36O3/c1-4-21-14-19(8-10-22(21)12-13-25(28)18(2)3)6-5-7-20-9-11-23(16-26)24(15-20)17-27/h8-11,14-15,18,25-28H,4-7,12-13,16-17H2,1-3H3. The molecule has 2 aromatic carbocycles. The lowest BCUT2D eigenvalue weighted by Gasteiger charge is -2.16. The molecule has 0 saturated heterocycles.